The quantitative estimate of drug-likeness (QED) is 0.0946. The topological polar surface area (TPSA) is 123 Å². The highest BCUT2D eigenvalue weighted by molar-refractivity contribution is 5.89. The van der Waals surface area contributed by atoms with Gasteiger partial charge in [-0.2, -0.15) is 0 Å². The van der Waals surface area contributed by atoms with Gasteiger partial charge in [0, 0.05) is 87.6 Å². The molecule has 3 aromatic carbocycles. The van der Waals surface area contributed by atoms with Crippen LogP contribution in [0, 0.1) is 0 Å². The summed E-state index contributed by atoms with van der Waals surface area (Å²) in [5.41, 5.74) is 8.28. The third kappa shape index (κ3) is 10.8. The van der Waals surface area contributed by atoms with E-state index in [9.17, 15) is 10.2 Å². The van der Waals surface area contributed by atoms with Gasteiger partial charge in [0.05, 0.1) is 34.2 Å². The van der Waals surface area contributed by atoms with Crippen LogP contribution in [0.5, 0.6) is 11.5 Å². The van der Waals surface area contributed by atoms with Crippen molar-refractivity contribution in [2.75, 3.05) is 0 Å². The van der Waals surface area contributed by atoms with Crippen LogP contribution in [-0.4, -0.2) is 52.4 Å². The molecule has 4 aromatic heterocycles. The molecule has 0 unspecified atom stereocenters. The lowest BCUT2D eigenvalue weighted by atomic mass is 10.1. The molecular weight excluding hydrogens is 697 g/mol. The molecule has 7 rings (SSSR count). The highest BCUT2D eigenvalue weighted by atomic mass is 16.3. The number of aliphatic imine (C=N–C) groups is 2. The average molecular weight is 739 g/mol. The molecule has 0 aliphatic carbocycles. The number of rotatable bonds is 16. The van der Waals surface area contributed by atoms with Gasteiger partial charge in [-0.15, -0.1) is 0 Å². The summed E-state index contributed by atoms with van der Waals surface area (Å²) in [6.07, 6.45) is 10.5. The van der Waals surface area contributed by atoms with Crippen molar-refractivity contribution in [3.8, 4) is 11.5 Å². The second kappa shape index (κ2) is 18.9. The molecule has 0 radical (unpaired) electrons. The molecule has 56 heavy (non-hydrogen) atoms. The zero-order valence-electron chi connectivity index (χ0n) is 30.9. The fraction of sp³-hybridized carbons (Fsp3) is 0.130. The Hall–Kier alpha value is -6.88. The number of aromatic hydroxyl groups is 2. The number of pyridine rings is 4. The number of para-hydroxylation sites is 2. The minimum absolute atomic E-state index is 0.126. The van der Waals surface area contributed by atoms with Crippen molar-refractivity contribution in [2.45, 2.75) is 39.3 Å². The van der Waals surface area contributed by atoms with Gasteiger partial charge in [0.15, 0.2) is 0 Å². The van der Waals surface area contributed by atoms with Gasteiger partial charge in [-0.25, -0.2) is 0 Å². The highest BCUT2D eigenvalue weighted by Crippen LogP contribution is 2.29. The Balaban J connectivity index is 1.07. The van der Waals surface area contributed by atoms with E-state index in [4.69, 9.17) is 9.98 Å². The lowest BCUT2D eigenvalue weighted by Gasteiger charge is -2.22. The zero-order chi connectivity index (χ0) is 38.4. The summed E-state index contributed by atoms with van der Waals surface area (Å²) in [6, 6.07) is 42.3. The third-order valence-corrected chi connectivity index (χ3v) is 9.01. The summed E-state index contributed by atoms with van der Waals surface area (Å²) in [5.74, 6) is 0.253. The first-order valence-electron chi connectivity index (χ1n) is 18.4. The van der Waals surface area contributed by atoms with Crippen LogP contribution in [0.3, 0.4) is 0 Å². The fourth-order valence-electron chi connectivity index (χ4n) is 6.31. The first kappa shape index (κ1) is 37.4. The van der Waals surface area contributed by atoms with Crippen molar-refractivity contribution in [3.63, 3.8) is 0 Å². The van der Waals surface area contributed by atoms with E-state index in [1.807, 2.05) is 121 Å². The van der Waals surface area contributed by atoms with E-state index in [0.29, 0.717) is 61.8 Å². The molecule has 0 fully saturated rings. The molecule has 0 saturated carbocycles. The Morgan fingerprint density at radius 1 is 0.411 bits per heavy atom. The zero-order valence-corrected chi connectivity index (χ0v) is 30.9. The number of phenolic OH excluding ortho intramolecular Hbond substituents is 2. The highest BCUT2D eigenvalue weighted by Gasteiger charge is 2.13. The first-order chi connectivity index (χ1) is 27.5. The van der Waals surface area contributed by atoms with Crippen LogP contribution in [0.25, 0.3) is 0 Å². The Morgan fingerprint density at radius 2 is 0.750 bits per heavy atom. The van der Waals surface area contributed by atoms with Gasteiger partial charge in [0.2, 0.25) is 0 Å². The number of aromatic nitrogens is 4. The summed E-state index contributed by atoms with van der Waals surface area (Å²) < 4.78 is 0. The first-order valence-corrected chi connectivity index (χ1v) is 18.4. The van der Waals surface area contributed by atoms with E-state index in [2.05, 4.69) is 29.7 Å². The van der Waals surface area contributed by atoms with Gasteiger partial charge in [-0.05, 0) is 96.1 Å². The van der Waals surface area contributed by atoms with Crippen molar-refractivity contribution >= 4 is 23.8 Å². The van der Waals surface area contributed by atoms with Crippen LogP contribution in [-0.2, 0) is 39.3 Å². The molecule has 0 aliphatic rings. The molecule has 4 heterocycles. The number of hydrogen-bond donors (Lipinski definition) is 2. The molecule has 0 spiro atoms. The van der Waals surface area contributed by atoms with Crippen molar-refractivity contribution in [2.24, 2.45) is 9.98 Å². The average Bonchev–Trinajstić information content (AvgIpc) is 3.23. The van der Waals surface area contributed by atoms with Crippen molar-refractivity contribution in [1.82, 2.24) is 29.7 Å². The van der Waals surface area contributed by atoms with Crippen LogP contribution in [0.15, 0.2) is 168 Å². The van der Waals surface area contributed by atoms with Gasteiger partial charge < -0.3 is 10.2 Å². The predicted octanol–water partition coefficient (Wildman–Crippen LogP) is 8.58. The molecule has 2 N–H and O–H groups in total. The van der Waals surface area contributed by atoms with Crippen molar-refractivity contribution in [3.05, 3.63) is 203 Å². The standard InChI is InChI=1S/C46H42N8O2/c55-45-19-17-35(29-53(31-39-11-3-7-21-47-39)32-40-12-4-8-22-48-40)25-37(45)27-51-43-15-1-2-16-44(43)52-28-38-26-36(18-20-46(38)56)30-54(33-41-13-5-9-23-49-41)34-42-14-6-10-24-50-42/h1-28,55-56H,29-34H2. The maximum Gasteiger partial charge on any atom is 0.124 e. The monoisotopic (exact) mass is 738 g/mol. The van der Waals surface area contributed by atoms with Gasteiger partial charge in [-0.3, -0.25) is 39.7 Å². The van der Waals surface area contributed by atoms with E-state index in [0.717, 1.165) is 33.9 Å². The van der Waals surface area contributed by atoms with E-state index >= 15 is 0 Å². The second-order valence-electron chi connectivity index (χ2n) is 13.4. The maximum atomic E-state index is 10.8. The van der Waals surface area contributed by atoms with Gasteiger partial charge >= 0.3 is 0 Å². The number of phenols is 2. The molecule has 278 valence electrons. The van der Waals surface area contributed by atoms with Crippen LogP contribution in [0.1, 0.15) is 45.0 Å². The van der Waals surface area contributed by atoms with Crippen LogP contribution in [0.2, 0.25) is 0 Å². The SMILES string of the molecule is Oc1ccc(CN(Cc2ccccn2)Cc2ccccn2)cc1C=Nc1ccccc1N=Cc1cc(CN(Cc2ccccn2)Cc2ccccn2)ccc1O. The van der Waals surface area contributed by atoms with Crippen LogP contribution in [0.4, 0.5) is 11.4 Å². The Labute approximate surface area is 326 Å². The van der Waals surface area contributed by atoms with Crippen molar-refractivity contribution < 1.29 is 10.2 Å². The number of benzene rings is 3. The summed E-state index contributed by atoms with van der Waals surface area (Å²) >= 11 is 0. The molecule has 0 bridgehead atoms. The van der Waals surface area contributed by atoms with E-state index < -0.39 is 0 Å². The summed E-state index contributed by atoms with van der Waals surface area (Å²) in [4.78, 5) is 32.2. The fourth-order valence-corrected chi connectivity index (χ4v) is 6.31. The molecule has 7 aromatic rings. The van der Waals surface area contributed by atoms with Gasteiger partial charge in [0.1, 0.15) is 11.5 Å². The lowest BCUT2D eigenvalue weighted by Crippen LogP contribution is -2.23. The molecule has 0 atom stereocenters. The van der Waals surface area contributed by atoms with Crippen molar-refractivity contribution in [1.29, 1.82) is 0 Å². The number of hydrogen-bond acceptors (Lipinski definition) is 10. The van der Waals surface area contributed by atoms with E-state index in [-0.39, 0.29) is 11.5 Å². The number of nitrogens with zero attached hydrogens (tertiary/aromatic N) is 8. The minimum Gasteiger partial charge on any atom is -0.507 e. The largest absolute Gasteiger partial charge is 0.507 e. The van der Waals surface area contributed by atoms with E-state index in [1.165, 1.54) is 0 Å². The normalized spacial score (nSPS) is 11.6. The predicted molar refractivity (Wildman–Crippen MR) is 220 cm³/mol. The van der Waals surface area contributed by atoms with E-state index in [1.54, 1.807) is 49.3 Å². The molecule has 10 nitrogen and oxygen atoms in total. The third-order valence-electron chi connectivity index (χ3n) is 9.01. The Kier molecular flexibility index (Phi) is 12.7. The summed E-state index contributed by atoms with van der Waals surface area (Å²) in [6.45, 7) is 3.78. The minimum atomic E-state index is 0.126. The summed E-state index contributed by atoms with van der Waals surface area (Å²) in [7, 11) is 0. The second-order valence-corrected chi connectivity index (χ2v) is 13.4. The lowest BCUT2D eigenvalue weighted by molar-refractivity contribution is 0.241. The van der Waals surface area contributed by atoms with Gasteiger partial charge in [-0.1, -0.05) is 48.5 Å². The van der Waals surface area contributed by atoms with Gasteiger partial charge in [0.25, 0.3) is 0 Å². The molecular formula is C46H42N8O2. The molecule has 0 amide bonds. The summed E-state index contributed by atoms with van der Waals surface area (Å²) in [5, 5.41) is 21.7. The smallest absolute Gasteiger partial charge is 0.124 e. The molecule has 10 heteroatoms. The molecule has 0 saturated heterocycles. The molecule has 0 aliphatic heterocycles. The Bertz CT molecular complexity index is 2110. The maximum absolute atomic E-state index is 10.8. The Morgan fingerprint density at radius 3 is 1.07 bits per heavy atom. The van der Waals surface area contributed by atoms with Crippen LogP contribution >= 0.6 is 0 Å². The van der Waals surface area contributed by atoms with Crippen LogP contribution < -0.4 is 0 Å².